The molecular weight excluding hydrogens is 365 g/mol. The Labute approximate surface area is 160 Å². The lowest BCUT2D eigenvalue weighted by Crippen LogP contribution is -2.10. The number of aryl methyl sites for hydroxylation is 1. The number of benzene rings is 2. The van der Waals surface area contributed by atoms with Gasteiger partial charge in [0, 0.05) is 5.56 Å². The van der Waals surface area contributed by atoms with E-state index in [2.05, 4.69) is 5.10 Å². The molecule has 2 aromatic rings. The summed E-state index contributed by atoms with van der Waals surface area (Å²) in [5, 5.41) is 25.3. The van der Waals surface area contributed by atoms with Crippen LogP contribution >= 0.6 is 11.8 Å². The molecule has 2 unspecified atom stereocenters. The van der Waals surface area contributed by atoms with Crippen LogP contribution in [0.5, 0.6) is 0 Å². The zero-order valence-corrected chi connectivity index (χ0v) is 15.3. The van der Waals surface area contributed by atoms with Crippen LogP contribution in [0.3, 0.4) is 0 Å². The van der Waals surface area contributed by atoms with Gasteiger partial charge in [-0.1, -0.05) is 30.0 Å². The standard InChI is InChI=1S/C20H16FN3O2S/c1-11-6-12(16-8-17(16)20(25)26)2-4-15(11)19-23-24(10-27-19)14-3-5-18(21)13(7-14)9-22/h2-7,16-17H,8,10H2,1H3,(H,25,26). The van der Waals surface area contributed by atoms with Gasteiger partial charge in [-0.25, -0.2) is 4.39 Å². The maximum atomic E-state index is 13.5. The molecule has 1 saturated carbocycles. The molecule has 0 radical (unpaired) electrons. The molecule has 27 heavy (non-hydrogen) atoms. The van der Waals surface area contributed by atoms with Crippen molar-refractivity contribution in [1.29, 1.82) is 5.26 Å². The van der Waals surface area contributed by atoms with Gasteiger partial charge in [0.1, 0.15) is 16.9 Å². The maximum Gasteiger partial charge on any atom is 0.307 e. The Balaban J connectivity index is 1.57. The molecule has 7 heteroatoms. The van der Waals surface area contributed by atoms with E-state index in [9.17, 15) is 9.18 Å². The molecule has 0 spiro atoms. The minimum Gasteiger partial charge on any atom is -0.481 e. The molecule has 1 fully saturated rings. The molecule has 4 rings (SSSR count). The van der Waals surface area contributed by atoms with Crippen molar-refractivity contribution in [1.82, 2.24) is 0 Å². The van der Waals surface area contributed by atoms with Crippen molar-refractivity contribution in [2.45, 2.75) is 19.3 Å². The highest BCUT2D eigenvalue weighted by Gasteiger charge is 2.44. The number of nitriles is 1. The van der Waals surface area contributed by atoms with Crippen LogP contribution < -0.4 is 5.01 Å². The molecule has 1 heterocycles. The van der Waals surface area contributed by atoms with E-state index in [0.29, 0.717) is 18.0 Å². The number of thioether (sulfide) groups is 1. The number of hydrogen-bond acceptors (Lipinski definition) is 5. The van der Waals surface area contributed by atoms with Crippen LogP contribution in [0.25, 0.3) is 0 Å². The van der Waals surface area contributed by atoms with Crippen LogP contribution in [-0.4, -0.2) is 22.0 Å². The Kier molecular flexibility index (Phi) is 4.36. The average Bonchev–Trinajstić information content (AvgIpc) is 3.32. The number of nitrogens with zero attached hydrogens (tertiary/aromatic N) is 3. The summed E-state index contributed by atoms with van der Waals surface area (Å²) in [7, 11) is 0. The molecule has 2 aliphatic rings. The minimum atomic E-state index is -0.732. The zero-order valence-electron chi connectivity index (χ0n) is 14.5. The largest absolute Gasteiger partial charge is 0.481 e. The van der Waals surface area contributed by atoms with Gasteiger partial charge in [-0.15, -0.1) is 0 Å². The Morgan fingerprint density at radius 2 is 2.19 bits per heavy atom. The van der Waals surface area contributed by atoms with E-state index in [1.165, 1.54) is 12.1 Å². The highest BCUT2D eigenvalue weighted by molar-refractivity contribution is 8.14. The topological polar surface area (TPSA) is 76.7 Å². The first-order valence-electron chi connectivity index (χ1n) is 8.50. The number of carboxylic acid groups (broad SMARTS) is 1. The molecule has 1 N–H and O–H groups in total. The predicted octanol–water partition coefficient (Wildman–Crippen LogP) is 4.07. The molecule has 0 saturated heterocycles. The number of rotatable bonds is 4. The molecule has 2 aromatic carbocycles. The number of carboxylic acids is 1. The Morgan fingerprint density at radius 3 is 2.85 bits per heavy atom. The number of anilines is 1. The van der Waals surface area contributed by atoms with Gasteiger partial charge in [-0.2, -0.15) is 10.4 Å². The predicted molar refractivity (Wildman–Crippen MR) is 102 cm³/mol. The summed E-state index contributed by atoms with van der Waals surface area (Å²) in [5.41, 5.74) is 3.78. The van der Waals surface area contributed by atoms with Gasteiger partial charge in [0.2, 0.25) is 0 Å². The number of carbonyl (C=O) groups is 1. The first-order valence-corrected chi connectivity index (χ1v) is 9.49. The Bertz CT molecular complexity index is 1010. The lowest BCUT2D eigenvalue weighted by atomic mass is 10.0. The molecule has 5 nitrogen and oxygen atoms in total. The first kappa shape index (κ1) is 17.6. The van der Waals surface area contributed by atoms with Gasteiger partial charge in [0.15, 0.2) is 0 Å². The summed E-state index contributed by atoms with van der Waals surface area (Å²) in [5.74, 6) is -0.852. The van der Waals surface area contributed by atoms with Crippen LogP contribution in [0.1, 0.15) is 34.6 Å². The van der Waals surface area contributed by atoms with Crippen LogP contribution in [0.4, 0.5) is 10.1 Å². The Hall–Kier alpha value is -2.85. The van der Waals surface area contributed by atoms with E-state index < -0.39 is 11.8 Å². The summed E-state index contributed by atoms with van der Waals surface area (Å²) in [6.07, 6.45) is 0.698. The van der Waals surface area contributed by atoms with Gasteiger partial charge in [-0.05, 0) is 48.6 Å². The summed E-state index contributed by atoms with van der Waals surface area (Å²) in [4.78, 5) is 11.1. The second-order valence-electron chi connectivity index (χ2n) is 6.72. The Morgan fingerprint density at radius 1 is 1.37 bits per heavy atom. The summed E-state index contributed by atoms with van der Waals surface area (Å²) < 4.78 is 13.5. The quantitative estimate of drug-likeness (QED) is 0.864. The van der Waals surface area contributed by atoms with E-state index in [1.807, 2.05) is 31.2 Å². The number of aliphatic carboxylic acids is 1. The third-order valence-corrected chi connectivity index (χ3v) is 5.87. The van der Waals surface area contributed by atoms with Crippen LogP contribution in [0, 0.1) is 30.0 Å². The maximum absolute atomic E-state index is 13.5. The fourth-order valence-corrected chi connectivity index (χ4v) is 4.30. The van der Waals surface area contributed by atoms with Crippen LogP contribution in [0.15, 0.2) is 41.5 Å². The molecule has 0 amide bonds. The van der Waals surface area contributed by atoms with Gasteiger partial charge >= 0.3 is 5.97 Å². The lowest BCUT2D eigenvalue weighted by Gasteiger charge is -2.12. The van der Waals surface area contributed by atoms with Crippen LogP contribution in [-0.2, 0) is 4.79 Å². The van der Waals surface area contributed by atoms with Gasteiger partial charge in [0.05, 0.1) is 23.0 Å². The number of hydrogen-bond donors (Lipinski definition) is 1. The van der Waals surface area contributed by atoms with Crippen molar-refractivity contribution in [3.05, 3.63) is 64.5 Å². The zero-order chi connectivity index (χ0) is 19.1. The fourth-order valence-electron chi connectivity index (χ4n) is 3.31. The summed E-state index contributed by atoms with van der Waals surface area (Å²) in [6.45, 7) is 1.99. The van der Waals surface area contributed by atoms with E-state index in [1.54, 1.807) is 22.8 Å². The van der Waals surface area contributed by atoms with Crippen molar-refractivity contribution >= 4 is 28.5 Å². The molecule has 1 aliphatic carbocycles. The second kappa shape index (κ2) is 6.71. The van der Waals surface area contributed by atoms with E-state index in [0.717, 1.165) is 21.7 Å². The molecule has 136 valence electrons. The highest BCUT2D eigenvalue weighted by atomic mass is 32.2. The van der Waals surface area contributed by atoms with E-state index in [4.69, 9.17) is 10.4 Å². The molecule has 2 atom stereocenters. The van der Waals surface area contributed by atoms with Gasteiger partial charge in [-0.3, -0.25) is 9.80 Å². The van der Waals surface area contributed by atoms with Crippen molar-refractivity contribution in [2.75, 3.05) is 10.9 Å². The van der Waals surface area contributed by atoms with Gasteiger partial charge in [0.25, 0.3) is 0 Å². The van der Waals surface area contributed by atoms with Gasteiger partial charge < -0.3 is 5.11 Å². The van der Waals surface area contributed by atoms with Crippen LogP contribution in [0.2, 0.25) is 0 Å². The molecule has 0 aromatic heterocycles. The fraction of sp³-hybridized carbons (Fsp3) is 0.250. The highest BCUT2D eigenvalue weighted by Crippen LogP contribution is 2.48. The molecule has 1 aliphatic heterocycles. The number of hydrazone groups is 1. The summed E-state index contributed by atoms with van der Waals surface area (Å²) in [6, 6.07) is 12.2. The molecule has 0 bridgehead atoms. The SMILES string of the molecule is Cc1cc(C2CC2C(=O)O)ccc1C1=NN(c2ccc(F)c(C#N)c2)CS1. The minimum absolute atomic E-state index is 0.000832. The number of halogens is 1. The van der Waals surface area contributed by atoms with Crippen molar-refractivity contribution < 1.29 is 14.3 Å². The molecular formula is C20H16FN3O2S. The normalized spacial score (nSPS) is 20.9. The second-order valence-corrected chi connectivity index (χ2v) is 7.65. The summed E-state index contributed by atoms with van der Waals surface area (Å²) >= 11 is 1.57. The third-order valence-electron chi connectivity index (χ3n) is 4.92. The van der Waals surface area contributed by atoms with Crippen molar-refractivity contribution in [2.24, 2.45) is 11.0 Å². The monoisotopic (exact) mass is 381 g/mol. The first-order chi connectivity index (χ1) is 13.0. The van der Waals surface area contributed by atoms with E-state index in [-0.39, 0.29) is 17.4 Å². The van der Waals surface area contributed by atoms with E-state index >= 15 is 0 Å². The lowest BCUT2D eigenvalue weighted by molar-refractivity contribution is -0.138. The third kappa shape index (κ3) is 3.28. The smallest absolute Gasteiger partial charge is 0.307 e. The van der Waals surface area contributed by atoms with Crippen molar-refractivity contribution in [3.63, 3.8) is 0 Å². The average molecular weight is 381 g/mol. The van der Waals surface area contributed by atoms with Crippen molar-refractivity contribution in [3.8, 4) is 6.07 Å².